The van der Waals surface area contributed by atoms with Crippen LogP contribution in [-0.4, -0.2) is 28.4 Å². The summed E-state index contributed by atoms with van der Waals surface area (Å²) in [5.41, 5.74) is -0.471. The summed E-state index contributed by atoms with van der Waals surface area (Å²) in [4.78, 5) is 38.2. The smallest absolute Gasteiger partial charge is 0.338 e. The van der Waals surface area contributed by atoms with Crippen LogP contribution in [0.15, 0.2) is 42.6 Å². The first-order valence-electron chi connectivity index (χ1n) is 6.70. The van der Waals surface area contributed by atoms with Crippen molar-refractivity contribution in [3.05, 3.63) is 63.8 Å². The van der Waals surface area contributed by atoms with Crippen LogP contribution >= 0.6 is 0 Å². The van der Waals surface area contributed by atoms with E-state index in [2.05, 4.69) is 10.3 Å². The lowest BCUT2D eigenvalue weighted by Crippen LogP contribution is -2.15. The van der Waals surface area contributed by atoms with Crippen molar-refractivity contribution in [3.8, 4) is 0 Å². The second kappa shape index (κ2) is 7.12. The van der Waals surface area contributed by atoms with E-state index in [1.54, 1.807) is 25.1 Å². The molecule has 0 aliphatic carbocycles. The zero-order valence-corrected chi connectivity index (χ0v) is 12.2. The molecule has 0 spiro atoms. The van der Waals surface area contributed by atoms with E-state index in [1.807, 2.05) is 0 Å². The molecule has 0 atom stereocenters. The lowest BCUT2D eigenvalue weighted by molar-refractivity contribution is -0.384. The zero-order chi connectivity index (χ0) is 16.8. The predicted octanol–water partition coefficient (Wildman–Crippen LogP) is 2.42. The van der Waals surface area contributed by atoms with Crippen molar-refractivity contribution in [2.24, 2.45) is 0 Å². The summed E-state index contributed by atoms with van der Waals surface area (Å²) in [6.07, 6.45) is 1.49. The van der Waals surface area contributed by atoms with Crippen molar-refractivity contribution >= 4 is 23.4 Å². The van der Waals surface area contributed by atoms with Crippen molar-refractivity contribution in [2.45, 2.75) is 6.92 Å². The maximum Gasteiger partial charge on any atom is 0.338 e. The van der Waals surface area contributed by atoms with Crippen molar-refractivity contribution in [1.29, 1.82) is 0 Å². The normalized spacial score (nSPS) is 9.96. The molecule has 23 heavy (non-hydrogen) atoms. The molecule has 2 rings (SSSR count). The number of anilines is 1. The molecule has 8 heteroatoms. The molecular weight excluding hydrogens is 302 g/mol. The van der Waals surface area contributed by atoms with Crippen LogP contribution < -0.4 is 5.32 Å². The second-order valence-corrected chi connectivity index (χ2v) is 4.42. The number of carbonyl (C=O) groups excluding carboxylic acids is 2. The molecular formula is C15H13N3O5. The third-order valence-corrected chi connectivity index (χ3v) is 2.81. The van der Waals surface area contributed by atoms with E-state index in [4.69, 9.17) is 4.74 Å². The highest BCUT2D eigenvalue weighted by Gasteiger charge is 2.19. The van der Waals surface area contributed by atoms with E-state index in [-0.39, 0.29) is 23.4 Å². The second-order valence-electron chi connectivity index (χ2n) is 4.42. The van der Waals surface area contributed by atoms with Gasteiger partial charge in [0.05, 0.1) is 17.1 Å². The first-order chi connectivity index (χ1) is 11.0. The minimum atomic E-state index is -0.733. The Kier molecular flexibility index (Phi) is 4.98. The third-order valence-electron chi connectivity index (χ3n) is 2.81. The molecule has 2 aromatic rings. The number of nitro benzene ring substituents is 1. The van der Waals surface area contributed by atoms with Gasteiger partial charge in [0.15, 0.2) is 0 Å². The Balaban J connectivity index is 2.34. The Labute approximate surface area is 131 Å². The van der Waals surface area contributed by atoms with Crippen LogP contribution in [0.1, 0.15) is 27.6 Å². The summed E-state index contributed by atoms with van der Waals surface area (Å²) >= 11 is 0. The van der Waals surface area contributed by atoms with Gasteiger partial charge in [-0.2, -0.15) is 0 Å². The Morgan fingerprint density at radius 1 is 1.26 bits per heavy atom. The Morgan fingerprint density at radius 3 is 2.61 bits per heavy atom. The Bertz CT molecular complexity index is 746. The monoisotopic (exact) mass is 315 g/mol. The number of rotatable bonds is 5. The molecule has 0 bridgehead atoms. The first-order valence-corrected chi connectivity index (χ1v) is 6.70. The van der Waals surface area contributed by atoms with Crippen LogP contribution in [0.25, 0.3) is 0 Å². The van der Waals surface area contributed by atoms with Gasteiger partial charge in [0.25, 0.3) is 11.6 Å². The van der Waals surface area contributed by atoms with E-state index >= 15 is 0 Å². The van der Waals surface area contributed by atoms with E-state index in [9.17, 15) is 19.7 Å². The number of nitro groups is 1. The fourth-order valence-corrected chi connectivity index (χ4v) is 1.81. The lowest BCUT2D eigenvalue weighted by Gasteiger charge is -2.07. The predicted molar refractivity (Wildman–Crippen MR) is 81.2 cm³/mol. The van der Waals surface area contributed by atoms with E-state index < -0.39 is 16.8 Å². The van der Waals surface area contributed by atoms with Crippen molar-refractivity contribution in [1.82, 2.24) is 4.98 Å². The number of non-ortho nitro benzene ring substituents is 1. The van der Waals surface area contributed by atoms with Gasteiger partial charge in [0, 0.05) is 23.9 Å². The molecule has 118 valence electrons. The number of nitrogens with one attached hydrogen (secondary N) is 1. The van der Waals surface area contributed by atoms with Gasteiger partial charge in [-0.25, -0.2) is 9.78 Å². The highest BCUT2D eigenvalue weighted by Crippen LogP contribution is 2.19. The molecule has 1 amide bonds. The van der Waals surface area contributed by atoms with Gasteiger partial charge in [-0.1, -0.05) is 6.07 Å². The van der Waals surface area contributed by atoms with Crippen molar-refractivity contribution in [3.63, 3.8) is 0 Å². The maximum absolute atomic E-state index is 12.2. The number of aromatic nitrogens is 1. The third kappa shape index (κ3) is 4.10. The summed E-state index contributed by atoms with van der Waals surface area (Å²) in [6.45, 7) is 1.74. The molecule has 8 nitrogen and oxygen atoms in total. The molecule has 1 N–H and O–H groups in total. The number of pyridine rings is 1. The van der Waals surface area contributed by atoms with Gasteiger partial charge in [-0.05, 0) is 25.1 Å². The van der Waals surface area contributed by atoms with Crippen LogP contribution in [0.3, 0.4) is 0 Å². The van der Waals surface area contributed by atoms with Crippen molar-refractivity contribution < 1.29 is 19.2 Å². The minimum absolute atomic E-state index is 0.0343. The number of carbonyl (C=O) groups is 2. The summed E-state index contributed by atoms with van der Waals surface area (Å²) < 4.78 is 4.81. The fourth-order valence-electron chi connectivity index (χ4n) is 1.81. The van der Waals surface area contributed by atoms with Crippen LogP contribution in [0.5, 0.6) is 0 Å². The van der Waals surface area contributed by atoms with Gasteiger partial charge >= 0.3 is 5.97 Å². The van der Waals surface area contributed by atoms with Gasteiger partial charge < -0.3 is 10.1 Å². The number of amides is 1. The van der Waals surface area contributed by atoms with Crippen LogP contribution in [0.4, 0.5) is 11.5 Å². The van der Waals surface area contributed by atoms with Gasteiger partial charge in [0.2, 0.25) is 0 Å². The fraction of sp³-hybridized carbons (Fsp3) is 0.133. The molecule has 0 fully saturated rings. The molecule has 1 aromatic heterocycles. The quantitative estimate of drug-likeness (QED) is 0.515. The summed E-state index contributed by atoms with van der Waals surface area (Å²) in [5, 5.41) is 13.5. The van der Waals surface area contributed by atoms with Crippen molar-refractivity contribution in [2.75, 3.05) is 11.9 Å². The SMILES string of the molecule is CCOC(=O)c1cc(C(=O)Nc2ccccn2)cc([N+](=O)[O-])c1. The zero-order valence-electron chi connectivity index (χ0n) is 12.2. The number of hydrogen-bond acceptors (Lipinski definition) is 6. The molecule has 1 aromatic carbocycles. The van der Waals surface area contributed by atoms with Gasteiger partial charge in [-0.3, -0.25) is 14.9 Å². The Hall–Kier alpha value is -3.29. The number of benzene rings is 1. The highest BCUT2D eigenvalue weighted by molar-refractivity contribution is 6.05. The summed E-state index contributed by atoms with van der Waals surface area (Å²) in [5.74, 6) is -1.05. The van der Waals surface area contributed by atoms with Crippen LogP contribution in [0.2, 0.25) is 0 Å². The average Bonchev–Trinajstić information content (AvgIpc) is 2.55. The largest absolute Gasteiger partial charge is 0.462 e. The molecule has 1 heterocycles. The molecule has 0 saturated carbocycles. The number of nitrogens with zero attached hydrogens (tertiary/aromatic N) is 2. The average molecular weight is 315 g/mol. The van der Waals surface area contributed by atoms with Gasteiger partial charge in [0.1, 0.15) is 5.82 Å². The van der Waals surface area contributed by atoms with E-state index in [0.717, 1.165) is 12.1 Å². The van der Waals surface area contributed by atoms with Crippen LogP contribution in [0, 0.1) is 10.1 Å². The topological polar surface area (TPSA) is 111 Å². The van der Waals surface area contributed by atoms with E-state index in [0.29, 0.717) is 5.82 Å². The molecule has 0 aliphatic heterocycles. The Morgan fingerprint density at radius 2 is 2.00 bits per heavy atom. The van der Waals surface area contributed by atoms with Crippen LogP contribution in [-0.2, 0) is 4.74 Å². The molecule has 0 aliphatic rings. The van der Waals surface area contributed by atoms with Gasteiger partial charge in [-0.15, -0.1) is 0 Å². The molecule has 0 unspecified atom stereocenters. The molecule has 0 radical (unpaired) electrons. The number of hydrogen-bond donors (Lipinski definition) is 1. The number of esters is 1. The standard InChI is InChI=1S/C15H13N3O5/c1-2-23-15(20)11-7-10(8-12(9-11)18(21)22)14(19)17-13-5-3-4-6-16-13/h3-9H,2H2,1H3,(H,16,17,19). The lowest BCUT2D eigenvalue weighted by atomic mass is 10.1. The maximum atomic E-state index is 12.2. The number of ether oxygens (including phenoxy) is 1. The van der Waals surface area contributed by atoms with E-state index in [1.165, 1.54) is 12.3 Å². The summed E-state index contributed by atoms with van der Waals surface area (Å²) in [7, 11) is 0. The summed E-state index contributed by atoms with van der Waals surface area (Å²) in [6, 6.07) is 8.32. The minimum Gasteiger partial charge on any atom is -0.462 e. The molecule has 0 saturated heterocycles. The highest BCUT2D eigenvalue weighted by atomic mass is 16.6. The first kappa shape index (κ1) is 16.1.